The van der Waals surface area contributed by atoms with Crippen LogP contribution in [0, 0.1) is 12.8 Å². The Bertz CT molecular complexity index is 1420. The highest BCUT2D eigenvalue weighted by Crippen LogP contribution is 2.47. The van der Waals surface area contributed by atoms with E-state index in [0.717, 1.165) is 68.7 Å². The van der Waals surface area contributed by atoms with Crippen LogP contribution >= 0.6 is 23.2 Å². The fraction of sp³-hybridized carbons (Fsp3) is 0.219. The van der Waals surface area contributed by atoms with Gasteiger partial charge in [0, 0.05) is 35.9 Å². The minimum Gasteiger partial charge on any atom is -0.478 e. The van der Waals surface area contributed by atoms with Gasteiger partial charge in [-0.2, -0.15) is 0 Å². The summed E-state index contributed by atoms with van der Waals surface area (Å²) in [6.45, 7) is 7.22. The summed E-state index contributed by atoms with van der Waals surface area (Å²) in [4.78, 5) is 13.2. The number of carbonyl (C=O) groups is 1. The van der Waals surface area contributed by atoms with Crippen LogP contribution in [-0.4, -0.2) is 24.7 Å². The normalized spacial score (nSPS) is 16.0. The summed E-state index contributed by atoms with van der Waals surface area (Å²) in [5, 5.41) is 10.5. The molecule has 4 rings (SSSR count). The molecule has 3 aromatic rings. The lowest BCUT2D eigenvalue weighted by Gasteiger charge is -2.24. The first-order chi connectivity index (χ1) is 17.7. The molecule has 0 saturated heterocycles. The number of nitrogens with zero attached hydrogens (tertiary/aromatic N) is 1. The standard InChI is InChI=1S/C32H31Cl2NO2/c1-5-20(2)30(32(34)25-9-7-6-8-21(25)3)31(23-13-10-22(11-14-23)12-17-29(36)37)27-19-35(4)28-18-24(33)15-16-26(27)28/h6-18,20H,5,19H2,1-4H3,(H,36,37)/b17-12+,31-27+,32-30-. The van der Waals surface area contributed by atoms with Crippen molar-refractivity contribution in [3.63, 3.8) is 0 Å². The molecule has 3 nitrogen and oxygen atoms in total. The van der Waals surface area contributed by atoms with E-state index in [1.54, 1.807) is 6.08 Å². The molecule has 5 heteroatoms. The number of allylic oxidation sites excluding steroid dienone is 2. The number of benzene rings is 3. The maximum Gasteiger partial charge on any atom is 0.328 e. The van der Waals surface area contributed by atoms with E-state index >= 15 is 0 Å². The molecule has 0 radical (unpaired) electrons. The lowest BCUT2D eigenvalue weighted by atomic mass is 9.81. The minimum absolute atomic E-state index is 0.197. The molecule has 1 aliphatic rings. The Labute approximate surface area is 229 Å². The molecule has 1 N–H and O–H groups in total. The summed E-state index contributed by atoms with van der Waals surface area (Å²) in [6.07, 6.45) is 3.68. The number of rotatable bonds is 7. The third-order valence-corrected chi connectivity index (χ3v) is 7.65. The van der Waals surface area contributed by atoms with Gasteiger partial charge in [0.05, 0.1) is 5.03 Å². The number of halogens is 2. The summed E-state index contributed by atoms with van der Waals surface area (Å²) in [6, 6.07) is 22.3. The predicted molar refractivity (Wildman–Crippen MR) is 158 cm³/mol. The van der Waals surface area contributed by atoms with Gasteiger partial charge in [-0.3, -0.25) is 0 Å². The molecule has 0 amide bonds. The number of hydrogen-bond acceptors (Lipinski definition) is 2. The minimum atomic E-state index is -0.969. The van der Waals surface area contributed by atoms with E-state index in [9.17, 15) is 4.79 Å². The molecule has 1 heterocycles. The molecule has 1 atom stereocenters. The number of likely N-dealkylation sites (N-methyl/N-ethyl adjacent to an activating group) is 1. The molecule has 1 aliphatic heterocycles. The van der Waals surface area contributed by atoms with Crippen molar-refractivity contribution in [1.29, 1.82) is 0 Å². The van der Waals surface area contributed by atoms with Crippen molar-refractivity contribution < 1.29 is 9.90 Å². The molecule has 0 fully saturated rings. The Morgan fingerprint density at radius 2 is 1.81 bits per heavy atom. The number of carboxylic acid groups (broad SMARTS) is 1. The van der Waals surface area contributed by atoms with E-state index < -0.39 is 5.97 Å². The highest BCUT2D eigenvalue weighted by Gasteiger charge is 2.29. The van der Waals surface area contributed by atoms with E-state index in [0.29, 0.717) is 5.02 Å². The second-order valence-electron chi connectivity index (χ2n) is 9.52. The van der Waals surface area contributed by atoms with Gasteiger partial charge in [0.25, 0.3) is 0 Å². The molecule has 0 aliphatic carbocycles. The third kappa shape index (κ3) is 5.69. The fourth-order valence-corrected chi connectivity index (χ4v) is 5.52. The lowest BCUT2D eigenvalue weighted by molar-refractivity contribution is -0.131. The molecule has 3 aromatic carbocycles. The van der Waals surface area contributed by atoms with Crippen molar-refractivity contribution in [2.24, 2.45) is 5.92 Å². The van der Waals surface area contributed by atoms with Crippen LogP contribution in [0.2, 0.25) is 5.02 Å². The second kappa shape index (κ2) is 11.4. The number of aliphatic carboxylic acids is 1. The van der Waals surface area contributed by atoms with Gasteiger partial charge in [-0.1, -0.05) is 91.6 Å². The van der Waals surface area contributed by atoms with Crippen LogP contribution in [0.5, 0.6) is 0 Å². The highest BCUT2D eigenvalue weighted by atomic mass is 35.5. The molecule has 0 spiro atoms. The van der Waals surface area contributed by atoms with Gasteiger partial charge < -0.3 is 10.0 Å². The Hall–Kier alpha value is -3.27. The second-order valence-corrected chi connectivity index (χ2v) is 10.3. The first-order valence-corrected chi connectivity index (χ1v) is 13.2. The first kappa shape index (κ1) is 26.8. The van der Waals surface area contributed by atoms with Crippen molar-refractivity contribution in [3.8, 4) is 0 Å². The van der Waals surface area contributed by atoms with Gasteiger partial charge in [-0.15, -0.1) is 0 Å². The topological polar surface area (TPSA) is 40.5 Å². The Morgan fingerprint density at radius 3 is 2.46 bits per heavy atom. The van der Waals surface area contributed by atoms with Gasteiger partial charge >= 0.3 is 5.97 Å². The van der Waals surface area contributed by atoms with Crippen LogP contribution in [0.15, 0.2) is 78.4 Å². The maximum absolute atomic E-state index is 11.0. The molecule has 0 saturated carbocycles. The number of fused-ring (bicyclic) bond motifs is 1. The molecule has 37 heavy (non-hydrogen) atoms. The van der Waals surface area contributed by atoms with Crippen LogP contribution < -0.4 is 4.90 Å². The van der Waals surface area contributed by atoms with Gasteiger partial charge in [-0.25, -0.2) is 4.79 Å². The number of carboxylic acids is 1. The zero-order chi connectivity index (χ0) is 26.7. The zero-order valence-electron chi connectivity index (χ0n) is 21.6. The molecule has 0 bridgehead atoms. The number of hydrogen-bond donors (Lipinski definition) is 1. The number of aryl methyl sites for hydroxylation is 1. The van der Waals surface area contributed by atoms with E-state index in [4.69, 9.17) is 28.3 Å². The zero-order valence-corrected chi connectivity index (χ0v) is 23.1. The quantitative estimate of drug-likeness (QED) is 0.309. The van der Waals surface area contributed by atoms with Crippen molar-refractivity contribution in [1.82, 2.24) is 0 Å². The van der Waals surface area contributed by atoms with Gasteiger partial charge in [0.2, 0.25) is 0 Å². The third-order valence-electron chi connectivity index (χ3n) is 7.00. The van der Waals surface area contributed by atoms with E-state index in [2.05, 4.69) is 63.1 Å². The Balaban J connectivity index is 2.03. The average molecular weight is 533 g/mol. The Morgan fingerprint density at radius 1 is 1.11 bits per heavy atom. The van der Waals surface area contributed by atoms with E-state index in [1.165, 1.54) is 5.57 Å². The Kier molecular flexibility index (Phi) is 8.26. The summed E-state index contributed by atoms with van der Waals surface area (Å²) in [7, 11) is 2.08. The van der Waals surface area contributed by atoms with Crippen LogP contribution in [0.1, 0.15) is 48.1 Å². The van der Waals surface area contributed by atoms with Gasteiger partial charge in [0.1, 0.15) is 0 Å². The van der Waals surface area contributed by atoms with E-state index in [1.807, 2.05) is 36.4 Å². The molecule has 190 valence electrons. The van der Waals surface area contributed by atoms with Gasteiger partial charge in [-0.05, 0) is 76.4 Å². The predicted octanol–water partition coefficient (Wildman–Crippen LogP) is 8.80. The van der Waals surface area contributed by atoms with Crippen LogP contribution in [0.4, 0.5) is 5.69 Å². The van der Waals surface area contributed by atoms with E-state index in [-0.39, 0.29) is 5.92 Å². The molecular formula is C32H31Cl2NO2. The lowest BCUT2D eigenvalue weighted by Crippen LogP contribution is -2.14. The molecule has 0 aromatic heterocycles. The fourth-order valence-electron chi connectivity index (χ4n) is 4.86. The number of anilines is 1. The largest absolute Gasteiger partial charge is 0.478 e. The van der Waals surface area contributed by atoms with Crippen LogP contribution in [0.3, 0.4) is 0 Å². The maximum atomic E-state index is 11.0. The monoisotopic (exact) mass is 531 g/mol. The summed E-state index contributed by atoms with van der Waals surface area (Å²) < 4.78 is 0. The van der Waals surface area contributed by atoms with Crippen LogP contribution in [-0.2, 0) is 4.79 Å². The highest BCUT2D eigenvalue weighted by molar-refractivity contribution is 6.50. The van der Waals surface area contributed by atoms with Crippen molar-refractivity contribution in [2.45, 2.75) is 27.2 Å². The smallest absolute Gasteiger partial charge is 0.328 e. The molecular weight excluding hydrogens is 501 g/mol. The van der Waals surface area contributed by atoms with Crippen LogP contribution in [0.25, 0.3) is 22.3 Å². The van der Waals surface area contributed by atoms with Crippen molar-refractivity contribution in [3.05, 3.63) is 111 Å². The van der Waals surface area contributed by atoms with Gasteiger partial charge in [0.15, 0.2) is 0 Å². The molecule has 1 unspecified atom stereocenters. The summed E-state index contributed by atoms with van der Waals surface area (Å²) in [5.41, 5.74) is 9.69. The summed E-state index contributed by atoms with van der Waals surface area (Å²) >= 11 is 13.7. The summed E-state index contributed by atoms with van der Waals surface area (Å²) in [5.74, 6) is -0.772. The average Bonchev–Trinajstić information content (AvgIpc) is 3.20. The van der Waals surface area contributed by atoms with Crippen molar-refractivity contribution in [2.75, 3.05) is 18.5 Å². The van der Waals surface area contributed by atoms with Crippen molar-refractivity contribution >= 4 is 57.1 Å². The SMILES string of the molecule is CCC(C)C(/C(=C1\CN(C)c2cc(Cl)ccc21)c1ccc(/C=C/C(=O)O)cc1)=C(/Cl)c1ccccc1C. The first-order valence-electron chi connectivity index (χ1n) is 12.4.